The summed E-state index contributed by atoms with van der Waals surface area (Å²) in [5.74, 6) is 2.00. The van der Waals surface area contributed by atoms with Crippen molar-refractivity contribution < 1.29 is 9.53 Å². The topological polar surface area (TPSA) is 26.3 Å². The monoisotopic (exact) mass is 178 g/mol. The van der Waals surface area contributed by atoms with Gasteiger partial charge in [-0.15, -0.1) is 0 Å². The minimum Gasteiger partial charge on any atom is -0.369 e. The summed E-state index contributed by atoms with van der Waals surface area (Å²) in [6.45, 7) is 5.13. The van der Waals surface area contributed by atoms with Crippen LogP contribution in [0.2, 0.25) is 0 Å². The van der Waals surface area contributed by atoms with E-state index in [9.17, 15) is 4.79 Å². The van der Waals surface area contributed by atoms with Crippen molar-refractivity contribution in [2.75, 3.05) is 6.61 Å². The van der Waals surface area contributed by atoms with Gasteiger partial charge in [0.05, 0.1) is 6.61 Å². The van der Waals surface area contributed by atoms with Gasteiger partial charge < -0.3 is 4.74 Å². The highest BCUT2D eigenvalue weighted by Gasteiger charge is 2.56. The fraction of sp³-hybridized carbons (Fsp3) is 0.727. The first-order valence-electron chi connectivity index (χ1n) is 5.04. The van der Waals surface area contributed by atoms with Crippen molar-refractivity contribution in [2.45, 2.75) is 20.0 Å². The molecule has 5 atom stereocenters. The third kappa shape index (κ3) is 0.755. The molecule has 0 unspecified atom stereocenters. The van der Waals surface area contributed by atoms with Crippen LogP contribution in [0.3, 0.4) is 0 Å². The minimum atomic E-state index is -0.0869. The molecule has 1 heterocycles. The van der Waals surface area contributed by atoms with E-state index in [2.05, 4.69) is 19.9 Å². The summed E-state index contributed by atoms with van der Waals surface area (Å²) in [7, 11) is 0. The average molecular weight is 178 g/mol. The van der Waals surface area contributed by atoms with Gasteiger partial charge in [-0.2, -0.15) is 0 Å². The summed E-state index contributed by atoms with van der Waals surface area (Å²) in [6.07, 6.45) is 2.08. The number of carbonyl (C=O) groups excluding carboxylic acids is 1. The van der Waals surface area contributed by atoms with E-state index < -0.39 is 0 Å². The molecule has 0 radical (unpaired) electrons. The number of Topliss-reactive ketones (excluding diaryl/α,β-unsaturated/α-hetero) is 1. The largest absolute Gasteiger partial charge is 0.369 e. The molecule has 1 aliphatic heterocycles. The van der Waals surface area contributed by atoms with Gasteiger partial charge in [0, 0.05) is 11.8 Å². The Labute approximate surface area is 78.0 Å². The van der Waals surface area contributed by atoms with Gasteiger partial charge in [-0.05, 0) is 18.8 Å². The summed E-state index contributed by atoms with van der Waals surface area (Å²) in [5.41, 5.74) is 1.38. The summed E-state index contributed by atoms with van der Waals surface area (Å²) < 4.78 is 5.57. The highest BCUT2D eigenvalue weighted by atomic mass is 16.5. The predicted molar refractivity (Wildman–Crippen MR) is 48.1 cm³/mol. The molecule has 0 aromatic heterocycles. The standard InChI is InChI=1S/C11H14O2/c1-5-3-7-6(2)8-4-13-11(9(5)8)10(7)12/h3,6-9,11H,4H2,1-2H3/t6-,7+,8+,9-,11+/m0/s1. The van der Waals surface area contributed by atoms with Crippen LogP contribution in [0.1, 0.15) is 13.8 Å². The first-order chi connectivity index (χ1) is 6.20. The van der Waals surface area contributed by atoms with Gasteiger partial charge >= 0.3 is 0 Å². The number of ketones is 1. The molecular formula is C11H14O2. The van der Waals surface area contributed by atoms with Crippen LogP contribution in [-0.2, 0) is 9.53 Å². The normalized spacial score (nSPS) is 52.6. The van der Waals surface area contributed by atoms with E-state index in [1.54, 1.807) is 0 Å². The Bertz CT molecular complexity index is 305. The molecule has 3 aliphatic carbocycles. The van der Waals surface area contributed by atoms with Crippen LogP contribution in [0.5, 0.6) is 0 Å². The lowest BCUT2D eigenvalue weighted by atomic mass is 9.60. The third-order valence-electron chi connectivity index (χ3n) is 4.07. The molecule has 1 saturated heterocycles. The molecule has 2 fully saturated rings. The molecule has 4 rings (SSSR count). The third-order valence-corrected chi connectivity index (χ3v) is 4.07. The van der Waals surface area contributed by atoms with Crippen molar-refractivity contribution >= 4 is 5.78 Å². The van der Waals surface area contributed by atoms with E-state index in [0.29, 0.717) is 23.5 Å². The lowest BCUT2D eigenvalue weighted by Gasteiger charge is -2.42. The molecule has 0 amide bonds. The molecule has 0 aromatic carbocycles. The van der Waals surface area contributed by atoms with Crippen molar-refractivity contribution in [1.82, 2.24) is 0 Å². The van der Waals surface area contributed by atoms with Crippen LogP contribution in [0, 0.1) is 23.7 Å². The first kappa shape index (κ1) is 7.74. The fourth-order valence-corrected chi connectivity index (χ4v) is 3.30. The van der Waals surface area contributed by atoms with E-state index in [-0.39, 0.29) is 12.0 Å². The molecule has 0 spiro atoms. The van der Waals surface area contributed by atoms with Crippen molar-refractivity contribution in [3.05, 3.63) is 11.6 Å². The molecule has 13 heavy (non-hydrogen) atoms. The Morgan fingerprint density at radius 1 is 1.54 bits per heavy atom. The zero-order chi connectivity index (χ0) is 9.16. The fourth-order valence-electron chi connectivity index (χ4n) is 3.30. The van der Waals surface area contributed by atoms with Gasteiger partial charge in [-0.1, -0.05) is 18.6 Å². The first-order valence-corrected chi connectivity index (χ1v) is 5.04. The second kappa shape index (κ2) is 2.24. The van der Waals surface area contributed by atoms with Crippen LogP contribution in [0.25, 0.3) is 0 Å². The van der Waals surface area contributed by atoms with Crippen LogP contribution in [-0.4, -0.2) is 18.5 Å². The predicted octanol–water partition coefficient (Wildman–Crippen LogP) is 1.41. The van der Waals surface area contributed by atoms with Crippen molar-refractivity contribution in [1.29, 1.82) is 0 Å². The molecule has 2 heteroatoms. The Hall–Kier alpha value is -0.630. The van der Waals surface area contributed by atoms with Crippen LogP contribution >= 0.6 is 0 Å². The van der Waals surface area contributed by atoms with Crippen molar-refractivity contribution in [3.63, 3.8) is 0 Å². The molecule has 4 aliphatic rings. The van der Waals surface area contributed by atoms with E-state index in [1.165, 1.54) is 5.57 Å². The Morgan fingerprint density at radius 2 is 2.31 bits per heavy atom. The van der Waals surface area contributed by atoms with Crippen molar-refractivity contribution in [3.8, 4) is 0 Å². The van der Waals surface area contributed by atoms with Gasteiger partial charge in [-0.3, -0.25) is 4.79 Å². The molecule has 2 nitrogen and oxygen atoms in total. The van der Waals surface area contributed by atoms with Crippen LogP contribution in [0.4, 0.5) is 0 Å². The van der Waals surface area contributed by atoms with Gasteiger partial charge in [0.1, 0.15) is 6.10 Å². The van der Waals surface area contributed by atoms with E-state index in [1.807, 2.05) is 0 Å². The second-order valence-electron chi connectivity index (χ2n) is 4.64. The number of carbonyl (C=O) groups is 1. The Kier molecular flexibility index (Phi) is 1.33. The van der Waals surface area contributed by atoms with Crippen LogP contribution in [0.15, 0.2) is 11.6 Å². The van der Waals surface area contributed by atoms with E-state index >= 15 is 0 Å². The maximum absolute atomic E-state index is 11.8. The molecule has 0 aromatic rings. The van der Waals surface area contributed by atoms with Crippen molar-refractivity contribution in [2.24, 2.45) is 23.7 Å². The number of allylic oxidation sites excluding steroid dienone is 1. The number of hydrogen-bond acceptors (Lipinski definition) is 2. The van der Waals surface area contributed by atoms with Gasteiger partial charge in [0.2, 0.25) is 0 Å². The van der Waals surface area contributed by atoms with E-state index in [4.69, 9.17) is 4.74 Å². The number of ether oxygens (including phenoxy) is 1. The maximum Gasteiger partial charge on any atom is 0.169 e. The number of rotatable bonds is 0. The number of hydrogen-bond donors (Lipinski definition) is 0. The summed E-state index contributed by atoms with van der Waals surface area (Å²) >= 11 is 0. The SMILES string of the molecule is CC1=C[C@H]2C(=O)[C@@H]3OC[C@H]([C@H]2C)[C@H]13. The zero-order valence-corrected chi connectivity index (χ0v) is 7.99. The van der Waals surface area contributed by atoms with Crippen LogP contribution < -0.4 is 0 Å². The van der Waals surface area contributed by atoms with Gasteiger partial charge in [-0.25, -0.2) is 0 Å². The highest BCUT2D eigenvalue weighted by Crippen LogP contribution is 2.51. The zero-order valence-electron chi connectivity index (χ0n) is 7.99. The summed E-state index contributed by atoms with van der Waals surface area (Å²) in [6, 6.07) is 0. The Morgan fingerprint density at radius 3 is 3.08 bits per heavy atom. The Balaban J connectivity index is 2.15. The highest BCUT2D eigenvalue weighted by molar-refractivity contribution is 5.91. The molecular weight excluding hydrogens is 164 g/mol. The average Bonchev–Trinajstić information content (AvgIpc) is 2.50. The van der Waals surface area contributed by atoms with Gasteiger partial charge in [0.15, 0.2) is 5.78 Å². The van der Waals surface area contributed by atoms with E-state index in [0.717, 1.165) is 6.61 Å². The smallest absolute Gasteiger partial charge is 0.169 e. The lowest BCUT2D eigenvalue weighted by molar-refractivity contribution is -0.135. The second-order valence-corrected chi connectivity index (χ2v) is 4.64. The minimum absolute atomic E-state index is 0.0869. The quantitative estimate of drug-likeness (QED) is 0.524. The molecule has 1 saturated carbocycles. The molecule has 70 valence electrons. The summed E-state index contributed by atoms with van der Waals surface area (Å²) in [4.78, 5) is 11.8. The molecule has 0 N–H and O–H groups in total. The summed E-state index contributed by atoms with van der Waals surface area (Å²) in [5, 5.41) is 0. The lowest BCUT2D eigenvalue weighted by Crippen LogP contribution is -2.48. The maximum atomic E-state index is 11.8. The molecule has 4 bridgehead atoms. The van der Waals surface area contributed by atoms with Gasteiger partial charge in [0.25, 0.3) is 0 Å².